The number of halogens is 1. The summed E-state index contributed by atoms with van der Waals surface area (Å²) in [6.07, 6.45) is 1.76. The molecule has 0 amide bonds. The molecule has 37 heavy (non-hydrogen) atoms. The number of nitro groups is 1. The van der Waals surface area contributed by atoms with E-state index in [2.05, 4.69) is 26.0 Å². The Morgan fingerprint density at radius 3 is 2.78 bits per heavy atom. The first-order chi connectivity index (χ1) is 17.9. The molecule has 0 aliphatic rings. The van der Waals surface area contributed by atoms with E-state index in [-0.39, 0.29) is 23.4 Å². The monoisotopic (exact) mass is 560 g/mol. The molecule has 10 heteroatoms. The van der Waals surface area contributed by atoms with Crippen LogP contribution in [0.1, 0.15) is 25.8 Å². The third-order valence-corrected chi connectivity index (χ3v) is 6.37. The molecule has 2 aromatic heterocycles. The number of nitrogens with zero attached hydrogens (tertiary/aromatic N) is 4. The SMILES string of the molecule is CC[C@@H](C)Oc1c(C=Nn2c(-c3cc4cc(Br)ccc4o3)nc3ccccc3c2=O)cccc1[N+](=O)[O-]. The van der Waals surface area contributed by atoms with Crippen molar-refractivity contribution in [2.75, 3.05) is 0 Å². The van der Waals surface area contributed by atoms with Crippen LogP contribution in [-0.2, 0) is 0 Å². The minimum absolute atomic E-state index is 0.0857. The highest BCUT2D eigenvalue weighted by molar-refractivity contribution is 9.10. The van der Waals surface area contributed by atoms with Crippen molar-refractivity contribution in [3.05, 3.63) is 97.2 Å². The van der Waals surface area contributed by atoms with Gasteiger partial charge in [-0.1, -0.05) is 41.1 Å². The van der Waals surface area contributed by atoms with Crippen molar-refractivity contribution in [2.45, 2.75) is 26.4 Å². The zero-order chi connectivity index (χ0) is 26.1. The Morgan fingerprint density at radius 1 is 1.19 bits per heavy atom. The van der Waals surface area contributed by atoms with E-state index in [1.54, 1.807) is 42.5 Å². The number of hydrogen-bond donors (Lipinski definition) is 0. The summed E-state index contributed by atoms with van der Waals surface area (Å²) < 4.78 is 13.9. The van der Waals surface area contributed by atoms with Crippen LogP contribution in [0.2, 0.25) is 0 Å². The summed E-state index contributed by atoms with van der Waals surface area (Å²) in [6.45, 7) is 3.75. The molecule has 9 nitrogen and oxygen atoms in total. The normalized spacial score (nSPS) is 12.4. The third-order valence-electron chi connectivity index (χ3n) is 5.88. The Morgan fingerprint density at radius 2 is 2.00 bits per heavy atom. The summed E-state index contributed by atoms with van der Waals surface area (Å²) >= 11 is 3.46. The molecule has 0 radical (unpaired) electrons. The van der Waals surface area contributed by atoms with E-state index in [0.29, 0.717) is 34.2 Å². The average molecular weight is 561 g/mol. The van der Waals surface area contributed by atoms with Crippen LogP contribution in [0.3, 0.4) is 0 Å². The zero-order valence-electron chi connectivity index (χ0n) is 19.9. The van der Waals surface area contributed by atoms with Crippen molar-refractivity contribution in [1.29, 1.82) is 0 Å². The minimum Gasteiger partial charge on any atom is -0.483 e. The Bertz CT molecular complexity index is 1740. The average Bonchev–Trinajstić information content (AvgIpc) is 3.31. The number of aromatic nitrogens is 2. The fourth-order valence-corrected chi connectivity index (χ4v) is 4.21. The quantitative estimate of drug-likeness (QED) is 0.127. The van der Waals surface area contributed by atoms with E-state index in [9.17, 15) is 14.9 Å². The van der Waals surface area contributed by atoms with Crippen LogP contribution in [0, 0.1) is 10.1 Å². The highest BCUT2D eigenvalue weighted by Gasteiger charge is 2.21. The molecule has 5 rings (SSSR count). The molecule has 5 aromatic rings. The predicted octanol–water partition coefficient (Wildman–Crippen LogP) is 6.54. The third kappa shape index (κ3) is 4.75. The standard InChI is InChI=1S/C27H21BrN4O5/c1-3-16(2)36-25-17(7-6-10-22(25)32(34)35)15-29-31-26(30-21-9-5-4-8-20(21)27(31)33)24-14-18-13-19(28)11-12-23(18)37-24/h4-16H,3H2,1-2H3/t16-/m1/s1. The second-order valence-corrected chi connectivity index (χ2v) is 9.31. The van der Waals surface area contributed by atoms with Crippen molar-refractivity contribution in [3.63, 3.8) is 0 Å². The van der Waals surface area contributed by atoms with Crippen LogP contribution in [0.25, 0.3) is 33.5 Å². The number of rotatable bonds is 7. The lowest BCUT2D eigenvalue weighted by Gasteiger charge is -2.14. The van der Waals surface area contributed by atoms with E-state index in [1.165, 1.54) is 12.3 Å². The second-order valence-electron chi connectivity index (χ2n) is 8.40. The summed E-state index contributed by atoms with van der Waals surface area (Å²) in [5.41, 5.74) is 0.879. The first-order valence-corrected chi connectivity index (χ1v) is 12.3. The van der Waals surface area contributed by atoms with Crippen molar-refractivity contribution < 1.29 is 14.1 Å². The van der Waals surface area contributed by atoms with Gasteiger partial charge in [-0.25, -0.2) is 4.98 Å². The van der Waals surface area contributed by atoms with Crippen molar-refractivity contribution >= 4 is 49.7 Å². The van der Waals surface area contributed by atoms with Crippen molar-refractivity contribution in [1.82, 2.24) is 9.66 Å². The number of benzene rings is 3. The minimum atomic E-state index is -0.503. The van der Waals surface area contributed by atoms with E-state index in [1.807, 2.05) is 32.0 Å². The summed E-state index contributed by atoms with van der Waals surface area (Å²) in [4.78, 5) is 29.4. The van der Waals surface area contributed by atoms with Crippen molar-refractivity contribution in [2.24, 2.45) is 5.10 Å². The largest absolute Gasteiger partial charge is 0.483 e. The van der Waals surface area contributed by atoms with Crippen LogP contribution in [-0.4, -0.2) is 26.9 Å². The van der Waals surface area contributed by atoms with Gasteiger partial charge in [0.25, 0.3) is 5.56 Å². The van der Waals surface area contributed by atoms with Crippen molar-refractivity contribution in [3.8, 4) is 17.3 Å². The lowest BCUT2D eigenvalue weighted by Crippen LogP contribution is -2.20. The van der Waals surface area contributed by atoms with E-state index >= 15 is 0 Å². The molecule has 2 heterocycles. The molecule has 0 aliphatic heterocycles. The van der Waals surface area contributed by atoms with Gasteiger partial charge in [-0.15, -0.1) is 0 Å². The highest BCUT2D eigenvalue weighted by atomic mass is 79.9. The molecule has 0 aliphatic carbocycles. The molecule has 1 atom stereocenters. The smallest absolute Gasteiger partial charge is 0.311 e. The molecule has 0 spiro atoms. The number of fused-ring (bicyclic) bond motifs is 2. The molecule has 0 N–H and O–H groups in total. The van der Waals surface area contributed by atoms with Crippen LogP contribution in [0.15, 0.2) is 85.5 Å². The first kappa shape index (κ1) is 24.4. The van der Waals surface area contributed by atoms with E-state index in [4.69, 9.17) is 9.15 Å². The first-order valence-electron chi connectivity index (χ1n) is 11.6. The lowest BCUT2D eigenvalue weighted by molar-refractivity contribution is -0.386. The number of nitro benzene ring substituents is 1. The Hall–Kier alpha value is -4.31. The highest BCUT2D eigenvalue weighted by Crippen LogP contribution is 2.32. The number of para-hydroxylation sites is 2. The van der Waals surface area contributed by atoms with Gasteiger partial charge < -0.3 is 9.15 Å². The van der Waals surface area contributed by atoms with E-state index in [0.717, 1.165) is 14.5 Å². The Labute approximate surface area is 219 Å². The maximum Gasteiger partial charge on any atom is 0.311 e. The van der Waals surface area contributed by atoms with Gasteiger partial charge >= 0.3 is 5.69 Å². The zero-order valence-corrected chi connectivity index (χ0v) is 21.5. The summed E-state index contributed by atoms with van der Waals surface area (Å²) in [5.74, 6) is 0.632. The summed E-state index contributed by atoms with van der Waals surface area (Å²) in [7, 11) is 0. The van der Waals surface area contributed by atoms with Gasteiger partial charge in [0.15, 0.2) is 5.76 Å². The van der Waals surface area contributed by atoms with Crippen LogP contribution < -0.4 is 10.3 Å². The summed E-state index contributed by atoms with van der Waals surface area (Å²) in [5, 5.41) is 17.3. The fraction of sp³-hybridized carbons (Fsp3) is 0.148. The number of furan rings is 1. The summed E-state index contributed by atoms with van der Waals surface area (Å²) in [6, 6.07) is 18.9. The number of ether oxygens (including phenoxy) is 1. The van der Waals surface area contributed by atoms with Gasteiger partial charge in [0, 0.05) is 21.5 Å². The molecular formula is C27H21BrN4O5. The molecule has 0 saturated heterocycles. The van der Waals surface area contributed by atoms with Crippen LogP contribution >= 0.6 is 15.9 Å². The molecule has 186 valence electrons. The molecule has 0 unspecified atom stereocenters. The Balaban J connectivity index is 1.71. The van der Waals surface area contributed by atoms with Gasteiger partial charge in [-0.2, -0.15) is 9.78 Å². The molecule has 0 fully saturated rings. The van der Waals surface area contributed by atoms with Gasteiger partial charge in [0.05, 0.1) is 28.1 Å². The predicted molar refractivity (Wildman–Crippen MR) is 145 cm³/mol. The fourth-order valence-electron chi connectivity index (χ4n) is 3.84. The molecule has 0 saturated carbocycles. The van der Waals surface area contributed by atoms with E-state index < -0.39 is 10.5 Å². The maximum atomic E-state index is 13.5. The lowest BCUT2D eigenvalue weighted by atomic mass is 10.2. The topological polar surface area (TPSA) is 113 Å². The molecule has 0 bridgehead atoms. The Kier molecular flexibility index (Phi) is 6.58. The van der Waals surface area contributed by atoms with Gasteiger partial charge in [0.1, 0.15) is 5.58 Å². The van der Waals surface area contributed by atoms with Gasteiger partial charge in [0.2, 0.25) is 11.6 Å². The number of hydrogen-bond acceptors (Lipinski definition) is 7. The molecule has 3 aromatic carbocycles. The van der Waals surface area contributed by atoms with Crippen LogP contribution in [0.5, 0.6) is 5.75 Å². The van der Waals surface area contributed by atoms with Gasteiger partial charge in [-0.05, 0) is 55.8 Å². The second kappa shape index (κ2) is 9.98. The van der Waals surface area contributed by atoms with Gasteiger partial charge in [-0.3, -0.25) is 14.9 Å². The van der Waals surface area contributed by atoms with Crippen LogP contribution in [0.4, 0.5) is 5.69 Å². The maximum absolute atomic E-state index is 13.5. The molecular weight excluding hydrogens is 540 g/mol.